The predicted molar refractivity (Wildman–Crippen MR) is 72.3 cm³/mol. The summed E-state index contributed by atoms with van der Waals surface area (Å²) in [5, 5.41) is 12.6. The van der Waals surface area contributed by atoms with Crippen LogP contribution in [0.15, 0.2) is 24.3 Å². The van der Waals surface area contributed by atoms with E-state index in [0.29, 0.717) is 12.6 Å². The average Bonchev–Trinajstić information content (AvgIpc) is 2.78. The van der Waals surface area contributed by atoms with E-state index in [1.165, 1.54) is 5.69 Å². The highest BCUT2D eigenvalue weighted by Crippen LogP contribution is 2.22. The lowest BCUT2D eigenvalue weighted by Gasteiger charge is -2.19. The molecule has 1 atom stereocenters. The Labute approximate surface area is 112 Å². The van der Waals surface area contributed by atoms with E-state index in [1.807, 2.05) is 24.3 Å². The van der Waals surface area contributed by atoms with Gasteiger partial charge in [-0.25, -0.2) is 0 Å². The molecule has 1 aromatic rings. The molecule has 1 fully saturated rings. The number of nitrogens with zero attached hydrogens (tertiary/aromatic N) is 1. The van der Waals surface area contributed by atoms with Gasteiger partial charge in [0.2, 0.25) is 0 Å². The van der Waals surface area contributed by atoms with Gasteiger partial charge in [-0.1, -0.05) is 11.6 Å². The van der Waals surface area contributed by atoms with Gasteiger partial charge in [-0.2, -0.15) is 0 Å². The Morgan fingerprint density at radius 3 is 2.83 bits per heavy atom. The van der Waals surface area contributed by atoms with Crippen molar-refractivity contribution in [3.63, 3.8) is 0 Å². The Bertz CT molecular complexity index is 408. The van der Waals surface area contributed by atoms with Gasteiger partial charge in [0, 0.05) is 36.4 Å². The third-order valence-corrected chi connectivity index (χ3v) is 3.40. The highest BCUT2D eigenvalue weighted by atomic mass is 35.5. The van der Waals surface area contributed by atoms with E-state index in [1.54, 1.807) is 0 Å². The van der Waals surface area contributed by atoms with Gasteiger partial charge in [-0.3, -0.25) is 4.79 Å². The fourth-order valence-corrected chi connectivity index (χ4v) is 2.32. The van der Waals surface area contributed by atoms with Crippen LogP contribution in [0.5, 0.6) is 0 Å². The first-order valence-electron chi connectivity index (χ1n) is 6.11. The van der Waals surface area contributed by atoms with Crippen LogP contribution in [0.2, 0.25) is 5.02 Å². The third-order valence-electron chi connectivity index (χ3n) is 3.15. The van der Waals surface area contributed by atoms with Crippen LogP contribution in [-0.2, 0) is 4.79 Å². The fourth-order valence-electron chi connectivity index (χ4n) is 2.20. The Morgan fingerprint density at radius 2 is 2.17 bits per heavy atom. The van der Waals surface area contributed by atoms with E-state index in [0.717, 1.165) is 24.5 Å². The standard InChI is InChI=1S/C13H17ClN2O2/c14-10-1-3-12(4-2-10)16-8-6-11(9-16)15-7-5-13(17)18/h1-4,11,15H,5-9H2,(H,17,18). The van der Waals surface area contributed by atoms with Crippen molar-refractivity contribution in [2.45, 2.75) is 18.9 Å². The molecule has 2 rings (SSSR count). The number of hydrogen-bond donors (Lipinski definition) is 2. The normalized spacial score (nSPS) is 19.2. The molecular formula is C13H17ClN2O2. The van der Waals surface area contributed by atoms with Crippen LogP contribution in [0.1, 0.15) is 12.8 Å². The highest BCUT2D eigenvalue weighted by Gasteiger charge is 2.22. The summed E-state index contributed by atoms with van der Waals surface area (Å²) in [5.74, 6) is -0.755. The van der Waals surface area contributed by atoms with Crippen molar-refractivity contribution in [3.05, 3.63) is 29.3 Å². The largest absolute Gasteiger partial charge is 0.481 e. The quantitative estimate of drug-likeness (QED) is 0.858. The molecule has 1 aliphatic rings. The van der Waals surface area contributed by atoms with Crippen LogP contribution in [0.4, 0.5) is 5.69 Å². The van der Waals surface area contributed by atoms with Gasteiger partial charge in [0.05, 0.1) is 6.42 Å². The SMILES string of the molecule is O=C(O)CCNC1CCN(c2ccc(Cl)cc2)C1. The Kier molecular flexibility index (Phi) is 4.44. The van der Waals surface area contributed by atoms with E-state index in [4.69, 9.17) is 16.7 Å². The van der Waals surface area contributed by atoms with E-state index < -0.39 is 5.97 Å². The van der Waals surface area contributed by atoms with Gasteiger partial charge in [-0.05, 0) is 30.7 Å². The zero-order valence-electron chi connectivity index (χ0n) is 10.1. The van der Waals surface area contributed by atoms with E-state index >= 15 is 0 Å². The number of halogens is 1. The van der Waals surface area contributed by atoms with Gasteiger partial charge < -0.3 is 15.3 Å². The van der Waals surface area contributed by atoms with Crippen molar-refractivity contribution in [3.8, 4) is 0 Å². The Morgan fingerprint density at radius 1 is 1.44 bits per heavy atom. The van der Waals surface area contributed by atoms with E-state index in [2.05, 4.69) is 10.2 Å². The number of anilines is 1. The molecule has 0 aliphatic carbocycles. The summed E-state index contributed by atoms with van der Waals surface area (Å²) in [5.41, 5.74) is 1.17. The topological polar surface area (TPSA) is 52.6 Å². The molecule has 0 amide bonds. The molecule has 5 heteroatoms. The van der Waals surface area contributed by atoms with Gasteiger partial charge in [0.25, 0.3) is 0 Å². The lowest BCUT2D eigenvalue weighted by atomic mass is 10.2. The maximum atomic E-state index is 10.4. The second-order valence-corrected chi connectivity index (χ2v) is 4.94. The molecule has 1 aromatic carbocycles. The van der Waals surface area contributed by atoms with Gasteiger partial charge >= 0.3 is 5.97 Å². The summed E-state index contributed by atoms with van der Waals surface area (Å²) in [6.07, 6.45) is 1.22. The zero-order valence-corrected chi connectivity index (χ0v) is 10.9. The second-order valence-electron chi connectivity index (χ2n) is 4.51. The van der Waals surface area contributed by atoms with Crippen molar-refractivity contribution >= 4 is 23.3 Å². The molecule has 0 aromatic heterocycles. The number of carbonyl (C=O) groups is 1. The van der Waals surface area contributed by atoms with E-state index in [9.17, 15) is 4.79 Å². The first-order valence-corrected chi connectivity index (χ1v) is 6.48. The molecule has 1 saturated heterocycles. The highest BCUT2D eigenvalue weighted by molar-refractivity contribution is 6.30. The summed E-state index contributed by atoms with van der Waals surface area (Å²) < 4.78 is 0. The van der Waals surface area contributed by atoms with Crippen LogP contribution in [0.3, 0.4) is 0 Å². The number of carboxylic acid groups (broad SMARTS) is 1. The van der Waals surface area contributed by atoms with Crippen LogP contribution in [0, 0.1) is 0 Å². The summed E-state index contributed by atoms with van der Waals surface area (Å²) in [7, 11) is 0. The van der Waals surface area contributed by atoms with Crippen molar-refractivity contribution in [1.29, 1.82) is 0 Å². The minimum Gasteiger partial charge on any atom is -0.481 e. The molecule has 2 N–H and O–H groups in total. The smallest absolute Gasteiger partial charge is 0.304 e. The van der Waals surface area contributed by atoms with Crippen LogP contribution in [0.25, 0.3) is 0 Å². The zero-order chi connectivity index (χ0) is 13.0. The maximum Gasteiger partial charge on any atom is 0.304 e. The van der Waals surface area contributed by atoms with Crippen LogP contribution >= 0.6 is 11.6 Å². The van der Waals surface area contributed by atoms with Gasteiger partial charge in [0.1, 0.15) is 0 Å². The van der Waals surface area contributed by atoms with Crippen molar-refractivity contribution in [1.82, 2.24) is 5.32 Å². The number of nitrogens with one attached hydrogen (secondary N) is 1. The lowest BCUT2D eigenvalue weighted by Crippen LogP contribution is -2.33. The predicted octanol–water partition coefficient (Wildman–Crippen LogP) is 1.98. The number of carboxylic acids is 1. The Balaban J connectivity index is 1.81. The number of rotatable bonds is 5. The average molecular weight is 269 g/mol. The Hall–Kier alpha value is -1.26. The number of aliphatic carboxylic acids is 1. The molecule has 4 nitrogen and oxygen atoms in total. The number of benzene rings is 1. The summed E-state index contributed by atoms with van der Waals surface area (Å²) >= 11 is 5.86. The van der Waals surface area contributed by atoms with Crippen molar-refractivity contribution in [2.75, 3.05) is 24.5 Å². The minimum absolute atomic E-state index is 0.178. The monoisotopic (exact) mass is 268 g/mol. The molecule has 98 valence electrons. The van der Waals surface area contributed by atoms with E-state index in [-0.39, 0.29) is 6.42 Å². The molecule has 18 heavy (non-hydrogen) atoms. The first-order chi connectivity index (χ1) is 8.65. The fraction of sp³-hybridized carbons (Fsp3) is 0.462. The number of hydrogen-bond acceptors (Lipinski definition) is 3. The molecule has 1 heterocycles. The van der Waals surface area contributed by atoms with Crippen molar-refractivity contribution in [2.24, 2.45) is 0 Å². The second kappa shape index (κ2) is 6.07. The lowest BCUT2D eigenvalue weighted by molar-refractivity contribution is -0.136. The van der Waals surface area contributed by atoms with Gasteiger partial charge in [-0.15, -0.1) is 0 Å². The van der Waals surface area contributed by atoms with Gasteiger partial charge in [0.15, 0.2) is 0 Å². The van der Waals surface area contributed by atoms with Crippen molar-refractivity contribution < 1.29 is 9.90 Å². The molecule has 0 spiro atoms. The summed E-state index contributed by atoms with van der Waals surface area (Å²) in [4.78, 5) is 12.7. The third kappa shape index (κ3) is 3.62. The summed E-state index contributed by atoms with van der Waals surface area (Å²) in [6, 6.07) is 8.19. The summed E-state index contributed by atoms with van der Waals surface area (Å²) in [6.45, 7) is 2.45. The molecule has 0 bridgehead atoms. The van der Waals surface area contributed by atoms with Crippen LogP contribution in [-0.4, -0.2) is 36.8 Å². The molecular weight excluding hydrogens is 252 g/mol. The maximum absolute atomic E-state index is 10.4. The molecule has 0 radical (unpaired) electrons. The van der Waals surface area contributed by atoms with Crippen LogP contribution < -0.4 is 10.2 Å². The minimum atomic E-state index is -0.755. The molecule has 1 unspecified atom stereocenters. The first kappa shape index (κ1) is 13.2. The molecule has 0 saturated carbocycles. The molecule has 1 aliphatic heterocycles.